The first-order chi connectivity index (χ1) is 6.20. The van der Waals surface area contributed by atoms with Crippen molar-refractivity contribution in [1.29, 1.82) is 0 Å². The molecule has 0 spiro atoms. The van der Waals surface area contributed by atoms with Gasteiger partial charge in [0.25, 0.3) is 0 Å². The molecule has 68 valence electrons. The maximum absolute atomic E-state index is 5.72. The van der Waals surface area contributed by atoms with Gasteiger partial charge in [0.1, 0.15) is 0 Å². The van der Waals surface area contributed by atoms with E-state index in [0.29, 0.717) is 0 Å². The lowest BCUT2D eigenvalue weighted by atomic mass is 10.2. The minimum atomic E-state index is 0.744. The van der Waals surface area contributed by atoms with E-state index in [9.17, 15) is 0 Å². The van der Waals surface area contributed by atoms with Gasteiger partial charge in [-0.15, -0.1) is 0 Å². The Bertz CT molecular complexity index is 331. The summed E-state index contributed by atoms with van der Waals surface area (Å²) in [5.41, 5.74) is 7.37. The van der Waals surface area contributed by atoms with Crippen LogP contribution in [-0.4, -0.2) is 25.5 Å². The molecule has 0 atom stereocenters. The SMILES string of the molecule is CN(C)CC#Cc1ccccc1N. The molecule has 0 radical (unpaired) electrons. The predicted molar refractivity (Wildman–Crippen MR) is 56.3 cm³/mol. The van der Waals surface area contributed by atoms with Crippen LogP contribution in [0.25, 0.3) is 0 Å². The molecule has 2 heteroatoms. The van der Waals surface area contributed by atoms with Crippen LogP contribution in [0.4, 0.5) is 5.69 Å². The van der Waals surface area contributed by atoms with Crippen LogP contribution in [0, 0.1) is 11.8 Å². The van der Waals surface area contributed by atoms with Crippen molar-refractivity contribution in [3.05, 3.63) is 29.8 Å². The van der Waals surface area contributed by atoms with Gasteiger partial charge in [-0.3, -0.25) is 4.90 Å². The summed E-state index contributed by atoms with van der Waals surface area (Å²) in [6, 6.07) is 7.64. The Labute approximate surface area is 79.4 Å². The molecule has 0 aromatic heterocycles. The van der Waals surface area contributed by atoms with Crippen LogP contribution in [0.5, 0.6) is 0 Å². The maximum atomic E-state index is 5.72. The summed E-state index contributed by atoms with van der Waals surface area (Å²) in [6.45, 7) is 0.758. The number of anilines is 1. The molecule has 0 unspecified atom stereocenters. The zero-order chi connectivity index (χ0) is 9.68. The van der Waals surface area contributed by atoms with E-state index < -0.39 is 0 Å². The first-order valence-electron chi connectivity index (χ1n) is 4.18. The molecule has 0 heterocycles. The highest BCUT2D eigenvalue weighted by Gasteiger charge is 1.90. The molecule has 1 rings (SSSR count). The highest BCUT2D eigenvalue weighted by atomic mass is 15.0. The fourth-order valence-electron chi connectivity index (χ4n) is 0.904. The van der Waals surface area contributed by atoms with Crippen LogP contribution >= 0.6 is 0 Å². The van der Waals surface area contributed by atoms with Crippen molar-refractivity contribution in [2.75, 3.05) is 26.4 Å². The molecule has 0 amide bonds. The van der Waals surface area contributed by atoms with Gasteiger partial charge in [-0.2, -0.15) is 0 Å². The molecular weight excluding hydrogens is 160 g/mol. The summed E-state index contributed by atoms with van der Waals surface area (Å²) in [7, 11) is 3.98. The van der Waals surface area contributed by atoms with Crippen molar-refractivity contribution >= 4 is 5.69 Å². The number of nitrogens with two attached hydrogens (primary N) is 1. The fraction of sp³-hybridized carbons (Fsp3) is 0.273. The zero-order valence-corrected chi connectivity index (χ0v) is 8.04. The number of hydrogen-bond acceptors (Lipinski definition) is 2. The van der Waals surface area contributed by atoms with Crippen molar-refractivity contribution < 1.29 is 0 Å². The molecule has 2 N–H and O–H groups in total. The number of para-hydroxylation sites is 1. The summed E-state index contributed by atoms with van der Waals surface area (Å²) < 4.78 is 0. The first kappa shape index (κ1) is 9.63. The highest BCUT2D eigenvalue weighted by molar-refractivity contribution is 5.55. The largest absolute Gasteiger partial charge is 0.398 e. The normalized spacial score (nSPS) is 9.46. The van der Waals surface area contributed by atoms with Gasteiger partial charge in [0, 0.05) is 11.3 Å². The van der Waals surface area contributed by atoms with Gasteiger partial charge in [-0.25, -0.2) is 0 Å². The van der Waals surface area contributed by atoms with Crippen molar-refractivity contribution in [3.8, 4) is 11.8 Å². The van der Waals surface area contributed by atoms with E-state index in [-0.39, 0.29) is 0 Å². The van der Waals surface area contributed by atoms with E-state index in [2.05, 4.69) is 11.8 Å². The van der Waals surface area contributed by atoms with Crippen molar-refractivity contribution in [3.63, 3.8) is 0 Å². The minimum absolute atomic E-state index is 0.744. The molecule has 0 saturated carbocycles. The van der Waals surface area contributed by atoms with E-state index >= 15 is 0 Å². The van der Waals surface area contributed by atoms with Crippen LogP contribution in [0.2, 0.25) is 0 Å². The first-order valence-corrected chi connectivity index (χ1v) is 4.18. The van der Waals surface area contributed by atoms with Crippen LogP contribution in [-0.2, 0) is 0 Å². The van der Waals surface area contributed by atoms with E-state index in [0.717, 1.165) is 17.8 Å². The summed E-state index contributed by atoms with van der Waals surface area (Å²) in [4.78, 5) is 2.02. The Morgan fingerprint density at radius 1 is 1.31 bits per heavy atom. The zero-order valence-electron chi connectivity index (χ0n) is 8.04. The Balaban J connectivity index is 2.72. The smallest absolute Gasteiger partial charge is 0.0600 e. The molecule has 0 bridgehead atoms. The van der Waals surface area contributed by atoms with Gasteiger partial charge >= 0.3 is 0 Å². The summed E-state index contributed by atoms with van der Waals surface area (Å²) in [5.74, 6) is 6.07. The van der Waals surface area contributed by atoms with Crippen molar-refractivity contribution in [2.45, 2.75) is 0 Å². The van der Waals surface area contributed by atoms with E-state index in [1.165, 1.54) is 0 Å². The third-order valence-electron chi connectivity index (χ3n) is 1.58. The van der Waals surface area contributed by atoms with Crippen LogP contribution in [0.15, 0.2) is 24.3 Å². The van der Waals surface area contributed by atoms with E-state index in [1.54, 1.807) is 0 Å². The third-order valence-corrected chi connectivity index (χ3v) is 1.58. The third kappa shape index (κ3) is 3.18. The van der Waals surface area contributed by atoms with Gasteiger partial charge in [0.05, 0.1) is 6.54 Å². The molecule has 1 aromatic rings. The Kier molecular flexibility index (Phi) is 3.36. The minimum Gasteiger partial charge on any atom is -0.398 e. The summed E-state index contributed by atoms with van der Waals surface area (Å²) in [6.07, 6.45) is 0. The number of nitrogens with zero attached hydrogens (tertiary/aromatic N) is 1. The quantitative estimate of drug-likeness (QED) is 0.511. The lowest BCUT2D eigenvalue weighted by Gasteiger charge is -2.01. The number of hydrogen-bond donors (Lipinski definition) is 1. The molecular formula is C11H14N2. The predicted octanol–water partition coefficient (Wildman–Crippen LogP) is 1.18. The van der Waals surface area contributed by atoms with Gasteiger partial charge < -0.3 is 5.73 Å². The molecule has 2 nitrogen and oxygen atoms in total. The van der Waals surface area contributed by atoms with Gasteiger partial charge in [0.15, 0.2) is 0 Å². The molecule has 0 aliphatic rings. The lowest BCUT2D eigenvalue weighted by Crippen LogP contribution is -2.10. The van der Waals surface area contributed by atoms with Crippen LogP contribution in [0.3, 0.4) is 0 Å². The average Bonchev–Trinajstić information content (AvgIpc) is 2.08. The monoisotopic (exact) mass is 174 g/mol. The highest BCUT2D eigenvalue weighted by Crippen LogP contribution is 2.07. The Morgan fingerprint density at radius 2 is 2.00 bits per heavy atom. The average molecular weight is 174 g/mol. The second-order valence-corrected chi connectivity index (χ2v) is 3.13. The Hall–Kier alpha value is -1.46. The van der Waals surface area contributed by atoms with E-state index in [4.69, 9.17) is 5.73 Å². The Morgan fingerprint density at radius 3 is 2.62 bits per heavy atom. The van der Waals surface area contributed by atoms with Gasteiger partial charge in [0.2, 0.25) is 0 Å². The summed E-state index contributed by atoms with van der Waals surface area (Å²) >= 11 is 0. The molecule has 0 saturated heterocycles. The second kappa shape index (κ2) is 4.54. The second-order valence-electron chi connectivity index (χ2n) is 3.13. The number of rotatable bonds is 1. The number of benzene rings is 1. The van der Waals surface area contributed by atoms with Crippen molar-refractivity contribution in [1.82, 2.24) is 4.90 Å². The molecule has 1 aromatic carbocycles. The standard InChI is InChI=1S/C11H14N2/c1-13(2)9-5-7-10-6-3-4-8-11(10)12/h3-4,6,8H,9,12H2,1-2H3. The van der Waals surface area contributed by atoms with E-state index in [1.807, 2.05) is 43.3 Å². The molecule has 0 fully saturated rings. The fourth-order valence-corrected chi connectivity index (χ4v) is 0.904. The summed E-state index contributed by atoms with van der Waals surface area (Å²) in [5, 5.41) is 0. The lowest BCUT2D eigenvalue weighted by molar-refractivity contribution is 0.464. The van der Waals surface area contributed by atoms with Gasteiger partial charge in [-0.1, -0.05) is 24.0 Å². The van der Waals surface area contributed by atoms with Gasteiger partial charge in [-0.05, 0) is 26.2 Å². The van der Waals surface area contributed by atoms with Crippen LogP contribution < -0.4 is 5.73 Å². The topological polar surface area (TPSA) is 29.3 Å². The maximum Gasteiger partial charge on any atom is 0.0600 e. The molecule has 13 heavy (non-hydrogen) atoms. The molecule has 0 aliphatic heterocycles. The number of nitrogen functional groups attached to an aromatic ring is 1. The van der Waals surface area contributed by atoms with Crippen molar-refractivity contribution in [2.24, 2.45) is 0 Å². The van der Waals surface area contributed by atoms with Crippen LogP contribution in [0.1, 0.15) is 5.56 Å². The molecule has 0 aliphatic carbocycles.